The van der Waals surface area contributed by atoms with Crippen LogP contribution in [0.2, 0.25) is 0 Å². The first-order chi connectivity index (χ1) is 9.45. The molecule has 0 aliphatic carbocycles. The quantitative estimate of drug-likeness (QED) is 0.871. The summed E-state index contributed by atoms with van der Waals surface area (Å²) in [5.74, 6) is -0.656. The van der Waals surface area contributed by atoms with Crippen molar-refractivity contribution in [2.45, 2.75) is 36.9 Å². The maximum atomic E-state index is 10.9. The smallest absolute Gasteiger partial charge is 0.335 e. The van der Waals surface area contributed by atoms with E-state index < -0.39 is 5.97 Å². The highest BCUT2D eigenvalue weighted by Gasteiger charge is 2.10. The third kappa shape index (κ3) is 3.54. The summed E-state index contributed by atoms with van der Waals surface area (Å²) in [6, 6.07) is 4.94. The molecule has 2 heterocycles. The van der Waals surface area contributed by atoms with Crippen molar-refractivity contribution in [1.82, 2.24) is 15.0 Å². The largest absolute Gasteiger partial charge is 0.478 e. The zero-order valence-electron chi connectivity index (χ0n) is 11.5. The summed E-state index contributed by atoms with van der Waals surface area (Å²) in [6.07, 6.45) is 1.48. The summed E-state index contributed by atoms with van der Waals surface area (Å²) < 4.78 is 0. The molecule has 0 amide bonds. The van der Waals surface area contributed by atoms with E-state index >= 15 is 0 Å². The van der Waals surface area contributed by atoms with Gasteiger partial charge in [-0.2, -0.15) is 0 Å². The molecular formula is C14H15N3O2S. The fraction of sp³-hybridized carbons (Fsp3) is 0.286. The van der Waals surface area contributed by atoms with Gasteiger partial charge in [-0.05, 0) is 42.8 Å². The van der Waals surface area contributed by atoms with E-state index in [4.69, 9.17) is 5.11 Å². The Kier molecular flexibility index (Phi) is 4.34. The number of carboxylic acids is 1. The number of aryl methyl sites for hydroxylation is 1. The summed E-state index contributed by atoms with van der Waals surface area (Å²) in [6.45, 7) is 6.05. The van der Waals surface area contributed by atoms with Crippen molar-refractivity contribution < 1.29 is 9.90 Å². The van der Waals surface area contributed by atoms with Gasteiger partial charge in [-0.3, -0.25) is 0 Å². The molecule has 5 nitrogen and oxygen atoms in total. The number of carboxylic acid groups (broad SMARTS) is 1. The Morgan fingerprint density at radius 3 is 2.70 bits per heavy atom. The van der Waals surface area contributed by atoms with Crippen LogP contribution < -0.4 is 0 Å². The molecule has 0 bridgehead atoms. The number of nitrogens with zero attached hydrogens (tertiary/aromatic N) is 3. The molecule has 20 heavy (non-hydrogen) atoms. The minimum atomic E-state index is -0.970. The molecule has 2 aromatic rings. The van der Waals surface area contributed by atoms with Gasteiger partial charge in [-0.25, -0.2) is 19.7 Å². The third-order valence-corrected chi connectivity index (χ3v) is 3.42. The van der Waals surface area contributed by atoms with Crippen molar-refractivity contribution in [2.24, 2.45) is 0 Å². The van der Waals surface area contributed by atoms with Crippen molar-refractivity contribution in [3.8, 4) is 0 Å². The van der Waals surface area contributed by atoms with Crippen molar-refractivity contribution in [1.29, 1.82) is 0 Å². The van der Waals surface area contributed by atoms with Crippen LogP contribution in [0.3, 0.4) is 0 Å². The van der Waals surface area contributed by atoms with E-state index in [1.807, 2.05) is 13.0 Å². The second-order valence-corrected chi connectivity index (χ2v) is 5.65. The molecule has 0 radical (unpaired) electrons. The minimum Gasteiger partial charge on any atom is -0.478 e. The molecule has 0 atom stereocenters. The number of rotatable bonds is 4. The Bertz CT molecular complexity index is 644. The van der Waals surface area contributed by atoms with E-state index in [1.165, 1.54) is 30.1 Å². The van der Waals surface area contributed by atoms with E-state index in [-0.39, 0.29) is 5.56 Å². The highest BCUT2D eigenvalue weighted by Crippen LogP contribution is 2.25. The van der Waals surface area contributed by atoms with Crippen molar-refractivity contribution in [3.63, 3.8) is 0 Å². The minimum absolute atomic E-state index is 0.208. The summed E-state index contributed by atoms with van der Waals surface area (Å²) in [5.41, 5.74) is 2.06. The molecule has 2 aromatic heterocycles. The van der Waals surface area contributed by atoms with E-state index in [1.54, 1.807) is 0 Å². The standard InChI is InChI=1S/C14H15N3O2S/c1-8(2)11-6-9(3)16-14(17-11)20-12-7-10(13(18)19)4-5-15-12/h4-8H,1-3H3,(H,18,19). The topological polar surface area (TPSA) is 76.0 Å². The summed E-state index contributed by atoms with van der Waals surface area (Å²) in [7, 11) is 0. The van der Waals surface area contributed by atoms with Gasteiger partial charge in [-0.1, -0.05) is 13.8 Å². The number of aromatic carboxylic acids is 1. The van der Waals surface area contributed by atoms with Gasteiger partial charge in [0.25, 0.3) is 0 Å². The van der Waals surface area contributed by atoms with Crippen LogP contribution in [0.25, 0.3) is 0 Å². The summed E-state index contributed by atoms with van der Waals surface area (Å²) >= 11 is 1.27. The lowest BCUT2D eigenvalue weighted by molar-refractivity contribution is 0.0696. The van der Waals surface area contributed by atoms with Gasteiger partial charge in [0, 0.05) is 17.6 Å². The molecule has 0 unspecified atom stereocenters. The van der Waals surface area contributed by atoms with E-state index in [0.29, 0.717) is 16.1 Å². The van der Waals surface area contributed by atoms with Crippen molar-refractivity contribution in [2.75, 3.05) is 0 Å². The Morgan fingerprint density at radius 1 is 1.30 bits per heavy atom. The first-order valence-corrected chi connectivity index (χ1v) is 7.00. The van der Waals surface area contributed by atoms with Crippen LogP contribution in [0.1, 0.15) is 41.5 Å². The fourth-order valence-electron chi connectivity index (χ4n) is 1.60. The highest BCUT2D eigenvalue weighted by molar-refractivity contribution is 7.99. The zero-order valence-corrected chi connectivity index (χ0v) is 12.3. The number of carbonyl (C=O) groups is 1. The molecule has 104 valence electrons. The molecule has 0 spiro atoms. The normalized spacial score (nSPS) is 10.8. The number of hydrogen-bond donors (Lipinski definition) is 1. The number of hydrogen-bond acceptors (Lipinski definition) is 5. The van der Waals surface area contributed by atoms with Gasteiger partial charge in [0.1, 0.15) is 5.03 Å². The average Bonchev–Trinajstić information content (AvgIpc) is 2.38. The Balaban J connectivity index is 2.30. The molecule has 0 aliphatic heterocycles. The van der Waals surface area contributed by atoms with Crippen molar-refractivity contribution >= 4 is 17.7 Å². The second kappa shape index (κ2) is 6.00. The van der Waals surface area contributed by atoms with Gasteiger partial charge >= 0.3 is 5.97 Å². The molecule has 0 aromatic carbocycles. The number of pyridine rings is 1. The first-order valence-electron chi connectivity index (χ1n) is 6.18. The van der Waals surface area contributed by atoms with E-state index in [9.17, 15) is 4.79 Å². The molecule has 2 rings (SSSR count). The predicted molar refractivity (Wildman–Crippen MR) is 76.2 cm³/mol. The van der Waals surface area contributed by atoms with Gasteiger partial charge in [0.2, 0.25) is 0 Å². The Labute approximate surface area is 121 Å². The third-order valence-electron chi connectivity index (χ3n) is 2.62. The molecular weight excluding hydrogens is 274 g/mol. The van der Waals surface area contributed by atoms with Crippen LogP contribution in [0.4, 0.5) is 0 Å². The van der Waals surface area contributed by atoms with Gasteiger partial charge in [-0.15, -0.1) is 0 Å². The molecule has 6 heteroatoms. The first kappa shape index (κ1) is 14.5. The fourth-order valence-corrected chi connectivity index (χ4v) is 2.43. The van der Waals surface area contributed by atoms with Crippen LogP contribution in [0, 0.1) is 6.92 Å². The Morgan fingerprint density at radius 2 is 2.05 bits per heavy atom. The zero-order chi connectivity index (χ0) is 14.7. The van der Waals surface area contributed by atoms with Crippen LogP contribution in [0.15, 0.2) is 34.6 Å². The van der Waals surface area contributed by atoms with E-state index in [2.05, 4.69) is 28.8 Å². The van der Waals surface area contributed by atoms with Gasteiger partial charge < -0.3 is 5.11 Å². The van der Waals surface area contributed by atoms with E-state index in [0.717, 1.165) is 11.4 Å². The second-order valence-electron chi connectivity index (χ2n) is 4.66. The molecule has 0 saturated heterocycles. The maximum absolute atomic E-state index is 10.9. The molecule has 0 fully saturated rings. The van der Waals surface area contributed by atoms with Crippen LogP contribution in [0.5, 0.6) is 0 Å². The Hall–Kier alpha value is -1.95. The molecule has 1 N–H and O–H groups in total. The number of aromatic nitrogens is 3. The van der Waals surface area contributed by atoms with Gasteiger partial charge in [0.15, 0.2) is 5.16 Å². The van der Waals surface area contributed by atoms with Crippen LogP contribution in [-0.2, 0) is 0 Å². The lowest BCUT2D eigenvalue weighted by Gasteiger charge is -2.08. The monoisotopic (exact) mass is 289 g/mol. The van der Waals surface area contributed by atoms with Crippen LogP contribution >= 0.6 is 11.8 Å². The summed E-state index contributed by atoms with van der Waals surface area (Å²) in [5, 5.41) is 10.1. The summed E-state index contributed by atoms with van der Waals surface area (Å²) in [4.78, 5) is 23.9. The molecule has 0 saturated carbocycles. The van der Waals surface area contributed by atoms with Crippen molar-refractivity contribution in [3.05, 3.63) is 41.3 Å². The van der Waals surface area contributed by atoms with Gasteiger partial charge in [0.05, 0.1) is 5.56 Å². The molecule has 0 aliphatic rings. The highest BCUT2D eigenvalue weighted by atomic mass is 32.2. The average molecular weight is 289 g/mol. The SMILES string of the molecule is Cc1cc(C(C)C)nc(Sc2cc(C(=O)O)ccn2)n1. The van der Waals surface area contributed by atoms with Crippen LogP contribution in [-0.4, -0.2) is 26.0 Å². The lowest BCUT2D eigenvalue weighted by Crippen LogP contribution is -2.00. The lowest BCUT2D eigenvalue weighted by atomic mass is 10.1. The maximum Gasteiger partial charge on any atom is 0.335 e. The predicted octanol–water partition coefficient (Wildman–Crippen LogP) is 3.15.